The number of ether oxygens (including phenoxy) is 1. The molecule has 33 heavy (non-hydrogen) atoms. The van der Waals surface area contributed by atoms with Crippen LogP contribution in [0.5, 0.6) is 5.75 Å². The number of hydrogen-bond donors (Lipinski definition) is 2. The number of nitrogens with one attached hydrogen (secondary N) is 2. The molecule has 1 aromatic heterocycles. The minimum absolute atomic E-state index is 0.00581. The number of benzene rings is 3. The lowest BCUT2D eigenvalue weighted by Gasteiger charge is -2.12. The number of hydrogen-bond acceptors (Lipinski definition) is 8. The van der Waals surface area contributed by atoms with Crippen molar-refractivity contribution in [3.05, 3.63) is 82.4 Å². The Morgan fingerprint density at radius 2 is 1.82 bits per heavy atom. The second kappa shape index (κ2) is 8.84. The molecule has 0 unspecified atom stereocenters. The number of thiazole rings is 1. The molecule has 0 spiro atoms. The highest BCUT2D eigenvalue weighted by molar-refractivity contribution is 7.92. The lowest BCUT2D eigenvalue weighted by atomic mass is 10.2. The number of fused-ring (bicyclic) bond motifs is 1. The third-order valence-electron chi connectivity index (χ3n) is 4.59. The summed E-state index contributed by atoms with van der Waals surface area (Å²) in [7, 11) is -2.49. The highest BCUT2D eigenvalue weighted by Gasteiger charge is 2.20. The van der Waals surface area contributed by atoms with Crippen LogP contribution in [0.1, 0.15) is 10.4 Å². The Bertz CT molecular complexity index is 1470. The van der Waals surface area contributed by atoms with Crippen LogP contribution in [-0.2, 0) is 10.0 Å². The van der Waals surface area contributed by atoms with E-state index in [4.69, 9.17) is 4.74 Å². The third-order valence-corrected chi connectivity index (χ3v) is 6.90. The van der Waals surface area contributed by atoms with Crippen molar-refractivity contribution in [2.75, 3.05) is 17.1 Å². The zero-order valence-electron chi connectivity index (χ0n) is 17.0. The summed E-state index contributed by atoms with van der Waals surface area (Å²) < 4.78 is 33.6. The molecule has 12 heteroatoms. The number of sulfonamides is 1. The molecule has 0 bridgehead atoms. The van der Waals surface area contributed by atoms with Crippen LogP contribution in [-0.4, -0.2) is 31.3 Å². The molecule has 4 aromatic rings. The Morgan fingerprint density at radius 1 is 1.09 bits per heavy atom. The van der Waals surface area contributed by atoms with Crippen molar-refractivity contribution in [2.24, 2.45) is 0 Å². The lowest BCUT2D eigenvalue weighted by Crippen LogP contribution is -2.18. The predicted molar refractivity (Wildman–Crippen MR) is 124 cm³/mol. The van der Waals surface area contributed by atoms with Gasteiger partial charge >= 0.3 is 0 Å². The molecule has 0 saturated heterocycles. The fourth-order valence-corrected chi connectivity index (χ4v) is 4.95. The number of rotatable bonds is 7. The smallest absolute Gasteiger partial charge is 0.270 e. The SMILES string of the molecule is COc1ccc(S(=O)(=O)Nc2ccccc2C(=O)Nc2nc3ccc([N+](=O)[O-])cc3s2)cc1. The first-order chi connectivity index (χ1) is 15.8. The van der Waals surface area contributed by atoms with E-state index >= 15 is 0 Å². The van der Waals surface area contributed by atoms with Crippen molar-refractivity contribution in [1.29, 1.82) is 0 Å². The average molecular weight is 485 g/mol. The van der Waals surface area contributed by atoms with Crippen molar-refractivity contribution in [3.8, 4) is 5.75 Å². The molecule has 0 aliphatic rings. The van der Waals surface area contributed by atoms with Crippen LogP contribution in [0.25, 0.3) is 10.2 Å². The molecule has 0 saturated carbocycles. The number of para-hydroxylation sites is 1. The Labute approximate surface area is 192 Å². The highest BCUT2D eigenvalue weighted by atomic mass is 32.2. The predicted octanol–water partition coefficient (Wildman–Crippen LogP) is 4.27. The first-order valence-electron chi connectivity index (χ1n) is 9.39. The maximum absolute atomic E-state index is 12.9. The van der Waals surface area contributed by atoms with E-state index in [1.165, 1.54) is 61.7 Å². The highest BCUT2D eigenvalue weighted by Crippen LogP contribution is 2.30. The second-order valence-electron chi connectivity index (χ2n) is 6.71. The fourth-order valence-electron chi connectivity index (χ4n) is 2.97. The Balaban J connectivity index is 1.58. The number of nitrogens with zero attached hydrogens (tertiary/aromatic N) is 2. The molecular weight excluding hydrogens is 468 g/mol. The first kappa shape index (κ1) is 22.2. The van der Waals surface area contributed by atoms with E-state index in [-0.39, 0.29) is 27.0 Å². The van der Waals surface area contributed by atoms with E-state index in [1.54, 1.807) is 12.1 Å². The first-order valence-corrected chi connectivity index (χ1v) is 11.7. The summed E-state index contributed by atoms with van der Waals surface area (Å²) in [6.45, 7) is 0. The van der Waals surface area contributed by atoms with Crippen molar-refractivity contribution in [1.82, 2.24) is 4.98 Å². The summed E-state index contributed by atoms with van der Waals surface area (Å²) in [5.74, 6) is -0.0773. The summed E-state index contributed by atoms with van der Waals surface area (Å²) in [6, 6.07) is 16.2. The summed E-state index contributed by atoms with van der Waals surface area (Å²) in [5, 5.41) is 13.8. The number of nitro benzene ring substituents is 1. The van der Waals surface area contributed by atoms with Crippen LogP contribution in [0.3, 0.4) is 0 Å². The van der Waals surface area contributed by atoms with Crippen molar-refractivity contribution in [2.45, 2.75) is 4.90 Å². The van der Waals surface area contributed by atoms with Gasteiger partial charge in [-0.25, -0.2) is 13.4 Å². The van der Waals surface area contributed by atoms with Gasteiger partial charge in [-0.3, -0.25) is 24.9 Å². The molecule has 1 heterocycles. The Kier molecular flexibility index (Phi) is 5.94. The number of aromatic nitrogens is 1. The summed E-state index contributed by atoms with van der Waals surface area (Å²) in [6.07, 6.45) is 0. The van der Waals surface area contributed by atoms with E-state index in [1.807, 2.05) is 0 Å². The molecule has 2 N–H and O–H groups in total. The van der Waals surface area contributed by atoms with Gasteiger partial charge in [0.25, 0.3) is 21.6 Å². The van der Waals surface area contributed by atoms with Gasteiger partial charge in [0.1, 0.15) is 5.75 Å². The second-order valence-corrected chi connectivity index (χ2v) is 9.42. The summed E-state index contributed by atoms with van der Waals surface area (Å²) in [5.41, 5.74) is 0.582. The van der Waals surface area contributed by atoms with Gasteiger partial charge < -0.3 is 4.74 Å². The van der Waals surface area contributed by atoms with E-state index in [0.29, 0.717) is 16.0 Å². The van der Waals surface area contributed by atoms with Gasteiger partial charge in [0.05, 0.1) is 38.4 Å². The Morgan fingerprint density at radius 3 is 2.52 bits per heavy atom. The number of methoxy groups -OCH3 is 1. The van der Waals surface area contributed by atoms with Gasteiger partial charge in [0, 0.05) is 12.1 Å². The fraction of sp³-hybridized carbons (Fsp3) is 0.0476. The maximum Gasteiger partial charge on any atom is 0.270 e. The number of amides is 1. The van der Waals surface area contributed by atoms with E-state index in [9.17, 15) is 23.3 Å². The molecule has 1 amide bonds. The lowest BCUT2D eigenvalue weighted by molar-refractivity contribution is -0.384. The van der Waals surface area contributed by atoms with Crippen LogP contribution in [0.4, 0.5) is 16.5 Å². The number of carbonyl (C=O) groups excluding carboxylic acids is 1. The zero-order valence-corrected chi connectivity index (χ0v) is 18.6. The van der Waals surface area contributed by atoms with Gasteiger partial charge in [-0.1, -0.05) is 23.5 Å². The Hall–Kier alpha value is -4.03. The number of anilines is 2. The van der Waals surface area contributed by atoms with Gasteiger partial charge in [-0.15, -0.1) is 0 Å². The van der Waals surface area contributed by atoms with Gasteiger partial charge in [-0.05, 0) is 42.5 Å². The van der Waals surface area contributed by atoms with Gasteiger partial charge in [0.15, 0.2) is 5.13 Å². The van der Waals surface area contributed by atoms with E-state index < -0.39 is 20.9 Å². The maximum atomic E-state index is 12.9. The van der Waals surface area contributed by atoms with Crippen molar-refractivity contribution < 1.29 is 22.9 Å². The largest absolute Gasteiger partial charge is 0.497 e. The van der Waals surface area contributed by atoms with Gasteiger partial charge in [0.2, 0.25) is 0 Å². The van der Waals surface area contributed by atoms with Crippen LogP contribution < -0.4 is 14.8 Å². The van der Waals surface area contributed by atoms with Gasteiger partial charge in [-0.2, -0.15) is 0 Å². The van der Waals surface area contributed by atoms with Crippen LogP contribution in [0, 0.1) is 10.1 Å². The molecule has 0 fully saturated rings. The molecule has 4 rings (SSSR count). The van der Waals surface area contributed by atoms with Crippen molar-refractivity contribution in [3.63, 3.8) is 0 Å². The number of carbonyl (C=O) groups is 1. The van der Waals surface area contributed by atoms with E-state index in [2.05, 4.69) is 15.0 Å². The molecular formula is C21H16N4O6S2. The summed E-state index contributed by atoms with van der Waals surface area (Å²) >= 11 is 1.07. The zero-order chi connectivity index (χ0) is 23.6. The van der Waals surface area contributed by atoms with Crippen LogP contribution in [0.15, 0.2) is 71.6 Å². The molecule has 10 nitrogen and oxygen atoms in total. The standard InChI is InChI=1S/C21H16N4O6S2/c1-31-14-7-9-15(10-8-14)33(29,30)24-17-5-3-2-4-16(17)20(26)23-21-22-18-11-6-13(25(27)28)12-19(18)32-21/h2-12,24H,1H3,(H,22,23,26). The molecule has 0 aliphatic carbocycles. The van der Waals surface area contributed by atoms with E-state index in [0.717, 1.165) is 11.3 Å². The van der Waals surface area contributed by atoms with Crippen LogP contribution >= 0.6 is 11.3 Å². The topological polar surface area (TPSA) is 141 Å². The number of non-ortho nitro benzene ring substituents is 1. The molecule has 0 atom stereocenters. The minimum atomic E-state index is -3.96. The molecule has 168 valence electrons. The monoisotopic (exact) mass is 484 g/mol. The average Bonchev–Trinajstić information content (AvgIpc) is 3.20. The summed E-state index contributed by atoms with van der Waals surface area (Å²) in [4.78, 5) is 27.6. The molecule has 0 radical (unpaired) electrons. The molecule has 3 aromatic carbocycles. The quantitative estimate of drug-likeness (QED) is 0.295. The minimum Gasteiger partial charge on any atom is -0.497 e. The molecule has 0 aliphatic heterocycles. The third kappa shape index (κ3) is 4.76. The normalized spacial score (nSPS) is 11.2. The van der Waals surface area contributed by atoms with Crippen LogP contribution in [0.2, 0.25) is 0 Å². The van der Waals surface area contributed by atoms with Crippen molar-refractivity contribution >= 4 is 54.0 Å². The number of nitro groups is 1.